The van der Waals surface area contributed by atoms with Crippen molar-refractivity contribution >= 4 is 51.2 Å². The van der Waals surface area contributed by atoms with Gasteiger partial charge in [-0.25, -0.2) is 18.7 Å². The number of thiazole rings is 1. The molecule has 0 saturated heterocycles. The van der Waals surface area contributed by atoms with E-state index in [1.54, 1.807) is 11.3 Å². The monoisotopic (exact) mass is 451 g/mol. The van der Waals surface area contributed by atoms with E-state index in [0.29, 0.717) is 11.1 Å². The van der Waals surface area contributed by atoms with Gasteiger partial charge in [0.1, 0.15) is 11.6 Å². The van der Waals surface area contributed by atoms with Gasteiger partial charge in [0.15, 0.2) is 5.82 Å². The first-order valence-corrected chi connectivity index (χ1v) is 10.6. The van der Waals surface area contributed by atoms with E-state index >= 15 is 0 Å². The quantitative estimate of drug-likeness (QED) is 0.220. The summed E-state index contributed by atoms with van der Waals surface area (Å²) in [5.41, 5.74) is 7.10. The summed E-state index contributed by atoms with van der Waals surface area (Å²) in [4.78, 5) is 9.22. The SMILES string of the molecule is Cc1nc2ccc(SNc3ccc(F)c(C#Cc4cnc(N)c(C=N)c4)c3F)cc2s1. The highest BCUT2D eigenvalue weighted by molar-refractivity contribution is 8.00. The lowest BCUT2D eigenvalue weighted by Crippen LogP contribution is -1.98. The number of rotatable bonds is 4. The number of anilines is 2. The Balaban J connectivity index is 1.58. The van der Waals surface area contributed by atoms with E-state index < -0.39 is 11.6 Å². The van der Waals surface area contributed by atoms with Crippen molar-refractivity contribution in [2.45, 2.75) is 11.8 Å². The van der Waals surface area contributed by atoms with Crippen LogP contribution in [0.3, 0.4) is 0 Å². The molecule has 154 valence electrons. The molecular weight excluding hydrogens is 436 g/mol. The van der Waals surface area contributed by atoms with Crippen molar-refractivity contribution in [2.24, 2.45) is 0 Å². The van der Waals surface area contributed by atoms with Gasteiger partial charge in [-0.1, -0.05) is 11.8 Å². The molecule has 31 heavy (non-hydrogen) atoms. The molecule has 0 aliphatic heterocycles. The Hall–Kier alpha value is -3.48. The van der Waals surface area contributed by atoms with Crippen molar-refractivity contribution < 1.29 is 8.78 Å². The van der Waals surface area contributed by atoms with E-state index in [4.69, 9.17) is 11.1 Å². The second-order valence-corrected chi connectivity index (χ2v) is 8.56. The lowest BCUT2D eigenvalue weighted by Gasteiger charge is -2.08. The number of nitrogens with two attached hydrogens (primary N) is 1. The number of pyridine rings is 1. The van der Waals surface area contributed by atoms with Crippen LogP contribution in [0.1, 0.15) is 21.7 Å². The zero-order valence-electron chi connectivity index (χ0n) is 16.2. The average molecular weight is 452 g/mol. The van der Waals surface area contributed by atoms with E-state index in [0.717, 1.165) is 32.4 Å². The van der Waals surface area contributed by atoms with Gasteiger partial charge in [-0.15, -0.1) is 11.3 Å². The van der Waals surface area contributed by atoms with Crippen molar-refractivity contribution in [1.82, 2.24) is 9.97 Å². The predicted octanol–water partition coefficient (Wildman–Crippen LogP) is 5.38. The largest absolute Gasteiger partial charge is 0.383 e. The van der Waals surface area contributed by atoms with Crippen LogP contribution in [0.25, 0.3) is 10.2 Å². The first kappa shape index (κ1) is 20.8. The molecule has 0 spiro atoms. The Morgan fingerprint density at radius 1 is 1.19 bits per heavy atom. The van der Waals surface area contributed by atoms with E-state index in [9.17, 15) is 8.78 Å². The molecule has 0 aliphatic carbocycles. The van der Waals surface area contributed by atoms with Crippen LogP contribution >= 0.6 is 23.3 Å². The molecule has 2 heterocycles. The summed E-state index contributed by atoms with van der Waals surface area (Å²) < 4.78 is 33.1. The summed E-state index contributed by atoms with van der Waals surface area (Å²) in [6.07, 6.45) is 2.43. The number of fused-ring (bicyclic) bond motifs is 1. The molecule has 4 rings (SSSR count). The minimum atomic E-state index is -0.787. The minimum Gasteiger partial charge on any atom is -0.383 e. The third-order valence-corrected chi connectivity index (χ3v) is 6.02. The zero-order valence-corrected chi connectivity index (χ0v) is 17.8. The number of nitrogen functional groups attached to an aromatic ring is 1. The molecule has 9 heteroatoms. The number of hydrogen-bond donors (Lipinski definition) is 3. The Labute approximate surface area is 185 Å². The molecule has 0 atom stereocenters. The van der Waals surface area contributed by atoms with Crippen LogP contribution in [0.5, 0.6) is 0 Å². The third kappa shape index (κ3) is 4.50. The fourth-order valence-corrected chi connectivity index (χ4v) is 4.39. The first-order valence-electron chi connectivity index (χ1n) is 9.00. The maximum absolute atomic E-state index is 14.9. The van der Waals surface area contributed by atoms with Crippen LogP contribution in [0.2, 0.25) is 0 Å². The summed E-state index contributed by atoms with van der Waals surface area (Å²) in [5.74, 6) is 3.83. The molecule has 0 aliphatic rings. The van der Waals surface area contributed by atoms with Crippen molar-refractivity contribution in [3.63, 3.8) is 0 Å². The van der Waals surface area contributed by atoms with Gasteiger partial charge in [0.05, 0.1) is 26.5 Å². The van der Waals surface area contributed by atoms with Gasteiger partial charge in [-0.3, -0.25) is 0 Å². The molecule has 0 saturated carbocycles. The first-order chi connectivity index (χ1) is 14.9. The van der Waals surface area contributed by atoms with Crippen molar-refractivity contribution in [3.05, 3.63) is 75.9 Å². The maximum Gasteiger partial charge on any atom is 0.165 e. The summed E-state index contributed by atoms with van der Waals surface area (Å²) in [6, 6.07) is 9.79. The molecule has 2 aromatic heterocycles. The lowest BCUT2D eigenvalue weighted by molar-refractivity contribution is 0.580. The molecule has 0 radical (unpaired) electrons. The van der Waals surface area contributed by atoms with Gasteiger partial charge < -0.3 is 15.9 Å². The number of aromatic nitrogens is 2. The summed E-state index contributed by atoms with van der Waals surface area (Å²) in [5, 5.41) is 8.28. The zero-order chi connectivity index (χ0) is 22.0. The van der Waals surface area contributed by atoms with Crippen molar-refractivity contribution in [3.8, 4) is 11.8 Å². The van der Waals surface area contributed by atoms with Crippen molar-refractivity contribution in [1.29, 1.82) is 5.41 Å². The molecule has 0 fully saturated rings. The number of nitrogens with one attached hydrogen (secondary N) is 2. The van der Waals surface area contributed by atoms with Gasteiger partial charge >= 0.3 is 0 Å². The molecule has 0 unspecified atom stereocenters. The molecule has 0 amide bonds. The minimum absolute atomic E-state index is 0.117. The summed E-state index contributed by atoms with van der Waals surface area (Å²) in [7, 11) is 0. The average Bonchev–Trinajstić information content (AvgIpc) is 3.13. The number of benzene rings is 2. The van der Waals surface area contributed by atoms with Crippen LogP contribution in [0.15, 0.2) is 47.5 Å². The van der Waals surface area contributed by atoms with Gasteiger partial charge in [0, 0.05) is 28.4 Å². The second kappa shape index (κ2) is 8.71. The number of nitrogens with zero attached hydrogens (tertiary/aromatic N) is 2. The van der Waals surface area contributed by atoms with Crippen LogP contribution in [0, 0.1) is 35.8 Å². The van der Waals surface area contributed by atoms with Gasteiger partial charge in [-0.2, -0.15) is 0 Å². The molecule has 5 nitrogen and oxygen atoms in total. The second-order valence-electron chi connectivity index (χ2n) is 6.44. The smallest absolute Gasteiger partial charge is 0.165 e. The lowest BCUT2D eigenvalue weighted by atomic mass is 10.1. The van der Waals surface area contributed by atoms with Crippen molar-refractivity contribution in [2.75, 3.05) is 10.5 Å². The highest BCUT2D eigenvalue weighted by atomic mass is 32.2. The van der Waals surface area contributed by atoms with Gasteiger partial charge in [0.2, 0.25) is 0 Å². The standard InChI is InChI=1S/C22H15F2N5S2/c1-12-28-18-6-3-15(9-20(18)30-12)31-29-19-7-5-17(23)16(21(19)24)4-2-13-8-14(10-25)22(26)27-11-13/h3,5-11,25,29H,1H3,(H2,26,27). The van der Waals surface area contributed by atoms with E-state index in [2.05, 4.69) is 26.5 Å². The topological polar surface area (TPSA) is 87.7 Å². The fourth-order valence-electron chi connectivity index (χ4n) is 2.75. The van der Waals surface area contributed by atoms with Gasteiger partial charge in [0.25, 0.3) is 0 Å². The van der Waals surface area contributed by atoms with E-state index in [1.807, 2.05) is 25.1 Å². The third-order valence-electron chi connectivity index (χ3n) is 4.27. The van der Waals surface area contributed by atoms with Crippen LogP contribution < -0.4 is 10.5 Å². The molecule has 4 aromatic rings. The number of aryl methyl sites for hydroxylation is 1. The molecule has 4 N–H and O–H groups in total. The fraction of sp³-hybridized carbons (Fsp3) is 0.0455. The Bertz CT molecular complexity index is 1370. The molecular formula is C22H15F2N5S2. The van der Waals surface area contributed by atoms with E-state index in [-0.39, 0.29) is 17.1 Å². The van der Waals surface area contributed by atoms with Crippen LogP contribution in [-0.2, 0) is 0 Å². The van der Waals surface area contributed by atoms with Crippen LogP contribution in [0.4, 0.5) is 20.3 Å². The normalized spacial score (nSPS) is 10.5. The Morgan fingerprint density at radius 3 is 2.84 bits per heavy atom. The predicted molar refractivity (Wildman–Crippen MR) is 123 cm³/mol. The summed E-state index contributed by atoms with van der Waals surface area (Å²) in [6.45, 7) is 1.94. The highest BCUT2D eigenvalue weighted by Gasteiger charge is 2.13. The number of hydrogen-bond acceptors (Lipinski definition) is 7. The summed E-state index contributed by atoms with van der Waals surface area (Å²) >= 11 is 2.80. The highest BCUT2D eigenvalue weighted by Crippen LogP contribution is 2.30. The molecule has 2 aromatic carbocycles. The van der Waals surface area contributed by atoms with E-state index in [1.165, 1.54) is 30.3 Å². The Kier molecular flexibility index (Phi) is 5.84. The molecule has 0 bridgehead atoms. The Morgan fingerprint density at radius 2 is 2.03 bits per heavy atom. The maximum atomic E-state index is 14.9. The van der Waals surface area contributed by atoms with Gasteiger partial charge in [-0.05, 0) is 55.3 Å². The number of halogens is 2. The van der Waals surface area contributed by atoms with Crippen LogP contribution in [-0.4, -0.2) is 16.2 Å².